The Bertz CT molecular complexity index is 729. The highest BCUT2D eigenvalue weighted by Gasteiger charge is 2.26. The average molecular weight is 333 g/mol. The van der Waals surface area contributed by atoms with Crippen LogP contribution in [0.5, 0.6) is 11.5 Å². The van der Waals surface area contributed by atoms with Crippen molar-refractivity contribution in [3.8, 4) is 11.5 Å². The maximum absolute atomic E-state index is 12.7. The first-order chi connectivity index (χ1) is 11.2. The molecule has 0 radical (unpaired) electrons. The van der Waals surface area contributed by atoms with Gasteiger partial charge in [-0.15, -0.1) is 5.10 Å². The van der Waals surface area contributed by atoms with Gasteiger partial charge >= 0.3 is 0 Å². The van der Waals surface area contributed by atoms with Crippen LogP contribution in [-0.2, 0) is 19.4 Å². The van der Waals surface area contributed by atoms with Gasteiger partial charge in [0.2, 0.25) is 0 Å². The van der Waals surface area contributed by atoms with Gasteiger partial charge in [-0.25, -0.2) is 0 Å². The van der Waals surface area contributed by atoms with E-state index in [1.165, 1.54) is 17.1 Å². The minimum atomic E-state index is 0.0114. The molecule has 1 aromatic heterocycles. The fourth-order valence-corrected chi connectivity index (χ4v) is 3.52. The summed E-state index contributed by atoms with van der Waals surface area (Å²) in [6.07, 6.45) is 1.52. The molecular formula is C16H19N3O3S. The highest BCUT2D eigenvalue weighted by Crippen LogP contribution is 2.33. The van der Waals surface area contributed by atoms with Gasteiger partial charge in [-0.3, -0.25) is 4.79 Å². The first kappa shape index (κ1) is 15.7. The summed E-state index contributed by atoms with van der Waals surface area (Å²) >= 11 is 1.17. The van der Waals surface area contributed by atoms with E-state index in [-0.39, 0.29) is 5.91 Å². The lowest BCUT2D eigenvalue weighted by molar-refractivity contribution is 0.0738. The molecule has 0 fully saturated rings. The molecule has 0 spiro atoms. The van der Waals surface area contributed by atoms with Crippen molar-refractivity contribution in [1.82, 2.24) is 14.5 Å². The Hall–Kier alpha value is -2.15. The number of nitrogens with zero attached hydrogens (tertiary/aromatic N) is 3. The maximum Gasteiger partial charge on any atom is 0.267 e. The first-order valence-electron chi connectivity index (χ1n) is 7.52. The number of rotatable bonds is 4. The zero-order chi connectivity index (χ0) is 16.4. The predicted octanol–water partition coefficient (Wildman–Crippen LogP) is 2.32. The van der Waals surface area contributed by atoms with Crippen LogP contribution in [0.15, 0.2) is 12.1 Å². The van der Waals surface area contributed by atoms with Crippen molar-refractivity contribution in [2.75, 3.05) is 20.8 Å². The number of aryl methyl sites for hydroxylation is 1. The lowest BCUT2D eigenvalue weighted by Crippen LogP contribution is -2.36. The standard InChI is InChI=1S/C16H19N3O3S/c1-4-12-15(23-18-17-12)16(20)19-6-5-10-7-13(21-2)14(22-3)8-11(10)9-19/h7-8H,4-6,9H2,1-3H3. The molecule has 1 amide bonds. The Morgan fingerprint density at radius 3 is 2.61 bits per heavy atom. The molecule has 0 saturated heterocycles. The van der Waals surface area contributed by atoms with Crippen LogP contribution in [0.3, 0.4) is 0 Å². The topological polar surface area (TPSA) is 64.6 Å². The minimum Gasteiger partial charge on any atom is -0.493 e. The lowest BCUT2D eigenvalue weighted by atomic mass is 9.98. The third-order valence-corrected chi connectivity index (χ3v) is 4.85. The van der Waals surface area contributed by atoms with Crippen LogP contribution in [0.1, 0.15) is 33.4 Å². The normalized spacial score (nSPS) is 13.6. The van der Waals surface area contributed by atoms with E-state index in [9.17, 15) is 4.79 Å². The molecule has 0 atom stereocenters. The van der Waals surface area contributed by atoms with Gasteiger partial charge in [0.25, 0.3) is 5.91 Å². The summed E-state index contributed by atoms with van der Waals surface area (Å²) in [6.45, 7) is 3.23. The molecule has 3 rings (SSSR count). The SMILES string of the molecule is CCc1nnsc1C(=O)N1CCc2cc(OC)c(OC)cc2C1. The Morgan fingerprint density at radius 2 is 1.96 bits per heavy atom. The largest absolute Gasteiger partial charge is 0.493 e. The van der Waals surface area contributed by atoms with E-state index in [0.717, 1.165) is 23.4 Å². The quantitative estimate of drug-likeness (QED) is 0.859. The smallest absolute Gasteiger partial charge is 0.267 e. The molecule has 2 heterocycles. The molecule has 23 heavy (non-hydrogen) atoms. The maximum atomic E-state index is 12.7. The second kappa shape index (κ2) is 6.54. The molecular weight excluding hydrogens is 314 g/mol. The lowest BCUT2D eigenvalue weighted by Gasteiger charge is -2.29. The summed E-state index contributed by atoms with van der Waals surface area (Å²) in [6, 6.07) is 3.96. The van der Waals surface area contributed by atoms with Crippen molar-refractivity contribution in [1.29, 1.82) is 0 Å². The fraction of sp³-hybridized carbons (Fsp3) is 0.438. The van der Waals surface area contributed by atoms with Gasteiger partial charge in [-0.2, -0.15) is 0 Å². The molecule has 0 aliphatic carbocycles. The molecule has 122 valence electrons. The van der Waals surface area contributed by atoms with Crippen molar-refractivity contribution in [3.63, 3.8) is 0 Å². The third kappa shape index (κ3) is 2.88. The summed E-state index contributed by atoms with van der Waals surface area (Å²) in [5.41, 5.74) is 3.07. The molecule has 0 N–H and O–H groups in total. The number of benzene rings is 1. The van der Waals surface area contributed by atoms with E-state index >= 15 is 0 Å². The van der Waals surface area contributed by atoms with Gasteiger partial charge in [-0.1, -0.05) is 11.4 Å². The highest BCUT2D eigenvalue weighted by atomic mass is 32.1. The monoisotopic (exact) mass is 333 g/mol. The second-order valence-corrected chi connectivity index (χ2v) is 6.11. The Kier molecular flexibility index (Phi) is 4.47. The zero-order valence-corrected chi connectivity index (χ0v) is 14.3. The molecule has 1 aromatic carbocycles. The van der Waals surface area contributed by atoms with Gasteiger partial charge in [0.05, 0.1) is 19.9 Å². The van der Waals surface area contributed by atoms with Crippen molar-refractivity contribution in [2.24, 2.45) is 0 Å². The molecule has 6 nitrogen and oxygen atoms in total. The summed E-state index contributed by atoms with van der Waals surface area (Å²) in [5, 5.41) is 4.03. The Balaban J connectivity index is 1.86. The number of aromatic nitrogens is 2. The van der Waals surface area contributed by atoms with Crippen LogP contribution in [-0.4, -0.2) is 41.2 Å². The summed E-state index contributed by atoms with van der Waals surface area (Å²) < 4.78 is 14.6. The van der Waals surface area contributed by atoms with E-state index in [0.29, 0.717) is 30.1 Å². The predicted molar refractivity (Wildman–Crippen MR) is 87.3 cm³/mol. The number of ether oxygens (including phenoxy) is 2. The number of fused-ring (bicyclic) bond motifs is 1. The van der Waals surface area contributed by atoms with Gasteiger partial charge in [0, 0.05) is 13.1 Å². The van der Waals surface area contributed by atoms with Crippen LogP contribution < -0.4 is 9.47 Å². The number of carbonyl (C=O) groups is 1. The fourth-order valence-electron chi connectivity index (χ4n) is 2.80. The van der Waals surface area contributed by atoms with Crippen LogP contribution in [0.4, 0.5) is 0 Å². The Labute approximate surface area is 139 Å². The number of methoxy groups -OCH3 is 2. The van der Waals surface area contributed by atoms with E-state index in [1.807, 2.05) is 24.0 Å². The molecule has 7 heteroatoms. The second-order valence-electron chi connectivity index (χ2n) is 5.35. The van der Waals surface area contributed by atoms with Gasteiger partial charge in [0.1, 0.15) is 4.88 Å². The van der Waals surface area contributed by atoms with Gasteiger partial charge < -0.3 is 14.4 Å². The highest BCUT2D eigenvalue weighted by molar-refractivity contribution is 7.08. The summed E-state index contributed by atoms with van der Waals surface area (Å²) in [4.78, 5) is 15.2. The first-order valence-corrected chi connectivity index (χ1v) is 8.29. The molecule has 1 aliphatic heterocycles. The van der Waals surface area contributed by atoms with E-state index in [1.54, 1.807) is 14.2 Å². The van der Waals surface area contributed by atoms with Crippen LogP contribution in [0.25, 0.3) is 0 Å². The number of amides is 1. The van der Waals surface area contributed by atoms with E-state index in [4.69, 9.17) is 9.47 Å². The van der Waals surface area contributed by atoms with Crippen molar-refractivity contribution in [2.45, 2.75) is 26.3 Å². The number of carbonyl (C=O) groups excluding carboxylic acids is 1. The summed E-state index contributed by atoms with van der Waals surface area (Å²) in [7, 11) is 3.25. The van der Waals surface area contributed by atoms with E-state index in [2.05, 4.69) is 9.59 Å². The average Bonchev–Trinajstić information content (AvgIpc) is 3.07. The van der Waals surface area contributed by atoms with Crippen molar-refractivity contribution < 1.29 is 14.3 Å². The van der Waals surface area contributed by atoms with Crippen molar-refractivity contribution >= 4 is 17.4 Å². The molecule has 0 bridgehead atoms. The van der Waals surface area contributed by atoms with Crippen molar-refractivity contribution in [3.05, 3.63) is 33.8 Å². The molecule has 0 unspecified atom stereocenters. The molecule has 1 aliphatic rings. The van der Waals surface area contributed by atoms with Crippen LogP contribution in [0, 0.1) is 0 Å². The van der Waals surface area contributed by atoms with Gasteiger partial charge in [0.15, 0.2) is 11.5 Å². The van der Waals surface area contributed by atoms with Gasteiger partial charge in [-0.05, 0) is 47.6 Å². The Morgan fingerprint density at radius 1 is 1.26 bits per heavy atom. The van der Waals surface area contributed by atoms with E-state index < -0.39 is 0 Å². The summed E-state index contributed by atoms with van der Waals surface area (Å²) in [5.74, 6) is 1.43. The molecule has 0 saturated carbocycles. The number of hydrogen-bond acceptors (Lipinski definition) is 6. The third-order valence-electron chi connectivity index (χ3n) is 4.09. The number of hydrogen-bond donors (Lipinski definition) is 0. The molecule has 2 aromatic rings. The van der Waals surface area contributed by atoms with Crippen LogP contribution in [0.2, 0.25) is 0 Å². The van der Waals surface area contributed by atoms with Crippen LogP contribution >= 0.6 is 11.5 Å². The zero-order valence-electron chi connectivity index (χ0n) is 13.5. The minimum absolute atomic E-state index is 0.0114.